The van der Waals surface area contributed by atoms with Crippen molar-refractivity contribution in [3.05, 3.63) is 129 Å². The van der Waals surface area contributed by atoms with Crippen LogP contribution in [-0.4, -0.2) is 101 Å². The zero-order valence-electron chi connectivity index (χ0n) is 46.7. The molecule has 0 saturated carbocycles. The summed E-state index contributed by atoms with van der Waals surface area (Å²) in [6.45, 7) is 15.1. The van der Waals surface area contributed by atoms with Crippen LogP contribution in [0.3, 0.4) is 0 Å². The number of aromatic carboxylic acids is 1. The standard InChI is InChI=1S/C61H72N10O7S2/c1-36(40-23-25-42(26-24-40)54-38(3)62-35-79-54)63-57(75)48-32-43(72)33-70(48)58(76)55(61(5,6)7)66-51(73)22-13-11-9-8-10-12-16-30-71-39(4)52(37(2)68-71)45-27-28-50(65-53(45)59(77)78)69-31-29-41-18-17-19-44(46(41)34-69)56(74)67-60-64-47-20-14-15-21-49(47)80-60/h14-15,17-21,23-28,35-36,43,48,55,72H,8-13,16,22,29-34H2,1-7H3,(H,63,75)(H,66,73)(H,77,78)(H,64,67,74)/t36-,43+,48-,55+/m0/s1. The quantitative estimate of drug-likeness (QED) is 0.0424. The van der Waals surface area contributed by atoms with Crippen molar-refractivity contribution in [1.82, 2.24) is 40.3 Å². The number of carbonyl (C=O) groups is 5. The topological polar surface area (TPSA) is 225 Å². The van der Waals surface area contributed by atoms with Crippen molar-refractivity contribution in [2.75, 3.05) is 23.3 Å². The molecule has 2 aliphatic heterocycles. The number of amides is 4. The number of thiazole rings is 2. The minimum absolute atomic E-state index is 0.00968. The molecule has 0 bridgehead atoms. The molecule has 1 fully saturated rings. The van der Waals surface area contributed by atoms with Gasteiger partial charge in [-0.25, -0.2) is 19.7 Å². The van der Waals surface area contributed by atoms with E-state index in [2.05, 4.69) is 25.9 Å². The molecule has 0 unspecified atom stereocenters. The maximum absolute atomic E-state index is 14.2. The first-order chi connectivity index (χ1) is 38.3. The van der Waals surface area contributed by atoms with E-state index in [1.807, 2.05) is 142 Å². The van der Waals surface area contributed by atoms with Gasteiger partial charge >= 0.3 is 5.97 Å². The van der Waals surface area contributed by atoms with Crippen LogP contribution in [0.25, 0.3) is 31.8 Å². The number of fused-ring (bicyclic) bond motifs is 2. The molecule has 4 amide bonds. The van der Waals surface area contributed by atoms with Gasteiger partial charge in [0, 0.05) is 61.4 Å². The van der Waals surface area contributed by atoms with Crippen LogP contribution in [0.5, 0.6) is 0 Å². The number of β-amino-alcohol motifs (C(OH)–C–C–N with tert-alkyl or cyclic N) is 1. The Morgan fingerprint density at radius 1 is 0.838 bits per heavy atom. The molecule has 0 radical (unpaired) electrons. The highest BCUT2D eigenvalue weighted by Crippen LogP contribution is 2.35. The van der Waals surface area contributed by atoms with E-state index in [0.29, 0.717) is 54.6 Å². The van der Waals surface area contributed by atoms with Gasteiger partial charge in [-0.2, -0.15) is 5.10 Å². The molecule has 4 atom stereocenters. The third-order valence-corrected chi connectivity index (χ3v) is 17.4. The van der Waals surface area contributed by atoms with Gasteiger partial charge in [0.2, 0.25) is 17.7 Å². The molecule has 6 heterocycles. The van der Waals surface area contributed by atoms with Gasteiger partial charge in [0.25, 0.3) is 5.91 Å². The first-order valence-electron chi connectivity index (χ1n) is 27.7. The summed E-state index contributed by atoms with van der Waals surface area (Å²) in [6, 6.07) is 23.1. The van der Waals surface area contributed by atoms with Crippen LogP contribution in [0.4, 0.5) is 10.9 Å². The van der Waals surface area contributed by atoms with Crippen LogP contribution in [0.2, 0.25) is 0 Å². The molecular weight excluding hydrogens is 1050 g/mol. The zero-order chi connectivity index (χ0) is 56.8. The molecule has 420 valence electrons. The fraction of sp³-hybridized carbons (Fsp3) is 0.426. The Bertz CT molecular complexity index is 3370. The smallest absolute Gasteiger partial charge is 0.355 e. The fourth-order valence-corrected chi connectivity index (χ4v) is 12.7. The monoisotopic (exact) mass is 1120 g/mol. The molecule has 5 N–H and O–H groups in total. The molecule has 3 aromatic carbocycles. The van der Waals surface area contributed by atoms with Crippen LogP contribution < -0.4 is 20.9 Å². The number of nitrogens with zero attached hydrogens (tertiary/aromatic N) is 7. The van der Waals surface area contributed by atoms with Gasteiger partial charge in [0.1, 0.15) is 17.9 Å². The predicted octanol–water partition coefficient (Wildman–Crippen LogP) is 10.6. The third-order valence-electron chi connectivity index (χ3n) is 15.4. The Hall–Kier alpha value is -7.35. The summed E-state index contributed by atoms with van der Waals surface area (Å²) in [6.07, 6.45) is 6.58. The number of pyridine rings is 1. The number of anilines is 2. The van der Waals surface area contributed by atoms with Gasteiger partial charge in [0.15, 0.2) is 10.8 Å². The van der Waals surface area contributed by atoms with Crippen molar-refractivity contribution >= 4 is 73.4 Å². The number of aliphatic hydroxyl groups is 1. The number of rotatable bonds is 21. The lowest BCUT2D eigenvalue weighted by Gasteiger charge is -2.35. The number of aromatic nitrogens is 5. The minimum Gasteiger partial charge on any atom is -0.476 e. The number of aryl methyl sites for hydroxylation is 3. The third kappa shape index (κ3) is 13.1. The van der Waals surface area contributed by atoms with E-state index >= 15 is 0 Å². The second-order valence-electron chi connectivity index (χ2n) is 22.3. The molecule has 0 aliphatic carbocycles. The minimum atomic E-state index is -1.13. The fourth-order valence-electron chi connectivity index (χ4n) is 11.1. The highest BCUT2D eigenvalue weighted by molar-refractivity contribution is 7.22. The Morgan fingerprint density at radius 3 is 2.29 bits per heavy atom. The van der Waals surface area contributed by atoms with Gasteiger partial charge < -0.3 is 30.6 Å². The van der Waals surface area contributed by atoms with Gasteiger partial charge in [-0.1, -0.05) is 113 Å². The van der Waals surface area contributed by atoms with Crippen LogP contribution in [0, 0.1) is 26.2 Å². The molecule has 19 heteroatoms. The Morgan fingerprint density at radius 2 is 1.57 bits per heavy atom. The van der Waals surface area contributed by atoms with Gasteiger partial charge in [0.05, 0.1) is 44.1 Å². The average molecular weight is 1120 g/mol. The summed E-state index contributed by atoms with van der Waals surface area (Å²) in [5, 5.41) is 35.6. The van der Waals surface area contributed by atoms with E-state index in [0.717, 1.165) is 98.5 Å². The molecule has 2 aliphatic rings. The van der Waals surface area contributed by atoms with E-state index in [1.54, 1.807) is 11.3 Å². The van der Waals surface area contributed by atoms with Crippen molar-refractivity contribution in [3.8, 4) is 21.6 Å². The average Bonchev–Trinajstić information content (AvgIpc) is 4.27. The summed E-state index contributed by atoms with van der Waals surface area (Å²) in [5.74, 6) is -1.80. The highest BCUT2D eigenvalue weighted by Gasteiger charge is 2.45. The number of carboxylic acids is 1. The number of carboxylic acid groups (broad SMARTS) is 1. The molecular formula is C61H72N10O7S2. The lowest BCUT2D eigenvalue weighted by molar-refractivity contribution is -0.144. The molecule has 17 nitrogen and oxygen atoms in total. The molecule has 7 aromatic rings. The van der Waals surface area contributed by atoms with Crippen molar-refractivity contribution in [2.45, 2.75) is 150 Å². The zero-order valence-corrected chi connectivity index (χ0v) is 48.3. The van der Waals surface area contributed by atoms with Crippen molar-refractivity contribution in [3.63, 3.8) is 0 Å². The number of benzene rings is 3. The number of nitrogens with one attached hydrogen (secondary N) is 3. The van der Waals surface area contributed by atoms with Gasteiger partial charge in [-0.05, 0) is 105 Å². The lowest BCUT2D eigenvalue weighted by atomic mass is 9.85. The number of carbonyl (C=O) groups excluding carboxylic acids is 4. The van der Waals surface area contributed by atoms with Gasteiger partial charge in [-0.15, -0.1) is 11.3 Å². The first-order valence-corrected chi connectivity index (χ1v) is 29.4. The first kappa shape index (κ1) is 57.3. The van der Waals surface area contributed by atoms with E-state index in [9.17, 15) is 34.2 Å². The second-order valence-corrected chi connectivity index (χ2v) is 24.2. The number of aliphatic hydroxyl groups excluding tert-OH is 1. The Kier molecular flexibility index (Phi) is 17.9. The molecule has 9 rings (SSSR count). The van der Waals surface area contributed by atoms with E-state index in [-0.39, 0.29) is 54.8 Å². The van der Waals surface area contributed by atoms with Crippen molar-refractivity contribution < 1.29 is 34.2 Å². The van der Waals surface area contributed by atoms with Gasteiger partial charge in [-0.3, -0.25) is 29.2 Å². The van der Waals surface area contributed by atoms with Crippen LogP contribution in [0.1, 0.15) is 146 Å². The van der Waals surface area contributed by atoms with E-state index < -0.39 is 29.6 Å². The van der Waals surface area contributed by atoms with Crippen molar-refractivity contribution in [1.29, 1.82) is 0 Å². The number of hydrogen-bond acceptors (Lipinski definition) is 13. The number of unbranched alkanes of at least 4 members (excludes halogenated alkanes) is 6. The SMILES string of the molecule is Cc1ncsc1-c1ccc([C@H](C)NC(=O)[C@@H]2C[C@@H](O)CN2C(=O)[C@@H](NC(=O)CCCCCCCCCn2nc(C)c(-c3ccc(N4CCc5cccc(C(=O)Nc6nc7ccccc7s6)c5C4)nc3C(=O)O)c2C)C(C)(C)C)cc1. The number of likely N-dealkylation sites (tertiary alicyclic amines) is 1. The largest absolute Gasteiger partial charge is 0.476 e. The second kappa shape index (κ2) is 25.0. The molecule has 4 aromatic heterocycles. The van der Waals surface area contributed by atoms with Crippen LogP contribution in [-0.2, 0) is 33.9 Å². The highest BCUT2D eigenvalue weighted by atomic mass is 32.1. The van der Waals surface area contributed by atoms with Crippen molar-refractivity contribution in [2.24, 2.45) is 5.41 Å². The van der Waals surface area contributed by atoms with E-state index in [1.165, 1.54) is 16.2 Å². The molecule has 0 spiro atoms. The summed E-state index contributed by atoms with van der Waals surface area (Å²) in [4.78, 5) is 86.0. The predicted molar refractivity (Wildman–Crippen MR) is 314 cm³/mol. The number of hydrogen-bond donors (Lipinski definition) is 5. The maximum Gasteiger partial charge on any atom is 0.355 e. The Balaban J connectivity index is 0.717. The lowest BCUT2D eigenvalue weighted by Crippen LogP contribution is -2.57. The molecule has 80 heavy (non-hydrogen) atoms. The number of para-hydroxylation sites is 1. The Labute approximate surface area is 475 Å². The normalized spacial score (nSPS) is 16.1. The van der Waals surface area contributed by atoms with Crippen LogP contribution in [0.15, 0.2) is 84.4 Å². The van der Waals surface area contributed by atoms with Crippen LogP contribution >= 0.6 is 22.7 Å². The van der Waals surface area contributed by atoms with E-state index in [4.69, 9.17) is 10.1 Å². The summed E-state index contributed by atoms with van der Waals surface area (Å²) in [7, 11) is 0. The maximum atomic E-state index is 14.2. The summed E-state index contributed by atoms with van der Waals surface area (Å²) in [5.41, 5.74) is 10.2. The summed E-state index contributed by atoms with van der Waals surface area (Å²) >= 11 is 3.00. The molecule has 1 saturated heterocycles. The summed E-state index contributed by atoms with van der Waals surface area (Å²) < 4.78 is 2.94.